The molecule has 0 fully saturated rings. The number of fused-ring (bicyclic) bond motifs is 1. The van der Waals surface area contributed by atoms with Gasteiger partial charge in [-0.05, 0) is 12.1 Å². The molecule has 1 aromatic carbocycles. The van der Waals surface area contributed by atoms with Gasteiger partial charge in [-0.2, -0.15) is 0 Å². The Balaban J connectivity index is 2.78. The molecule has 0 aliphatic rings. The third-order valence-electron chi connectivity index (χ3n) is 2.19. The summed E-state index contributed by atoms with van der Waals surface area (Å²) >= 11 is 0. The summed E-state index contributed by atoms with van der Waals surface area (Å²) in [6, 6.07) is 3.12. The van der Waals surface area contributed by atoms with Crippen LogP contribution in [0.15, 0.2) is 23.3 Å². The Labute approximate surface area is 96.2 Å². The van der Waals surface area contributed by atoms with E-state index in [4.69, 9.17) is 9.47 Å². The van der Waals surface area contributed by atoms with E-state index >= 15 is 0 Å². The first-order chi connectivity index (χ1) is 8.13. The predicted molar refractivity (Wildman–Crippen MR) is 60.2 cm³/mol. The molecule has 1 aromatic heterocycles. The lowest BCUT2D eigenvalue weighted by Crippen LogP contribution is -2.09. The summed E-state index contributed by atoms with van der Waals surface area (Å²) in [4.78, 5) is 29.0. The summed E-state index contributed by atoms with van der Waals surface area (Å²) in [7, 11) is 1.45. The van der Waals surface area contributed by atoms with Gasteiger partial charge in [0.1, 0.15) is 5.52 Å². The molecule has 1 N–H and O–H groups in total. The summed E-state index contributed by atoms with van der Waals surface area (Å²) in [5, 5.41) is 0.338. The maximum Gasteiger partial charge on any atom is 0.308 e. The fraction of sp³-hybridized carbons (Fsp3) is 0.182. The van der Waals surface area contributed by atoms with Gasteiger partial charge in [0, 0.05) is 6.92 Å². The van der Waals surface area contributed by atoms with E-state index in [2.05, 4.69) is 9.97 Å². The van der Waals surface area contributed by atoms with E-state index in [0.717, 1.165) is 0 Å². The van der Waals surface area contributed by atoms with Crippen molar-refractivity contribution in [2.45, 2.75) is 6.92 Å². The van der Waals surface area contributed by atoms with Crippen LogP contribution in [-0.2, 0) is 4.79 Å². The Kier molecular flexibility index (Phi) is 2.78. The van der Waals surface area contributed by atoms with Crippen LogP contribution in [0, 0.1) is 0 Å². The number of ether oxygens (including phenoxy) is 2. The van der Waals surface area contributed by atoms with Gasteiger partial charge in [-0.3, -0.25) is 9.59 Å². The van der Waals surface area contributed by atoms with Crippen molar-refractivity contribution >= 4 is 16.9 Å². The molecule has 6 nitrogen and oxygen atoms in total. The third-order valence-corrected chi connectivity index (χ3v) is 2.19. The number of carbonyl (C=O) groups is 1. The molecule has 0 amide bonds. The lowest BCUT2D eigenvalue weighted by atomic mass is 10.2. The SMILES string of the molecule is COc1ccc2c(=O)[nH]cnc2c1OC(C)=O. The predicted octanol–water partition coefficient (Wildman–Crippen LogP) is 0.857. The Hall–Kier alpha value is -2.37. The lowest BCUT2D eigenvalue weighted by Gasteiger charge is -2.09. The molecular weight excluding hydrogens is 224 g/mol. The van der Waals surface area contributed by atoms with Gasteiger partial charge >= 0.3 is 5.97 Å². The van der Waals surface area contributed by atoms with Crippen molar-refractivity contribution in [2.75, 3.05) is 7.11 Å². The lowest BCUT2D eigenvalue weighted by molar-refractivity contribution is -0.131. The largest absolute Gasteiger partial charge is 0.493 e. The Morgan fingerprint density at radius 2 is 2.18 bits per heavy atom. The zero-order valence-corrected chi connectivity index (χ0v) is 9.31. The molecule has 0 saturated carbocycles. The normalized spacial score (nSPS) is 10.2. The van der Waals surface area contributed by atoms with Crippen LogP contribution >= 0.6 is 0 Å². The van der Waals surface area contributed by atoms with Crippen molar-refractivity contribution in [1.29, 1.82) is 0 Å². The minimum Gasteiger partial charge on any atom is -0.493 e. The van der Waals surface area contributed by atoms with Crippen LogP contribution < -0.4 is 15.0 Å². The Morgan fingerprint density at radius 1 is 1.41 bits per heavy atom. The number of methoxy groups -OCH3 is 1. The van der Waals surface area contributed by atoms with Crippen LogP contribution in [0.4, 0.5) is 0 Å². The maximum absolute atomic E-state index is 11.5. The van der Waals surface area contributed by atoms with E-state index in [-0.39, 0.29) is 11.3 Å². The minimum atomic E-state index is -0.502. The monoisotopic (exact) mass is 234 g/mol. The minimum absolute atomic E-state index is 0.156. The smallest absolute Gasteiger partial charge is 0.308 e. The van der Waals surface area contributed by atoms with E-state index in [1.807, 2.05) is 0 Å². The number of nitrogens with zero attached hydrogens (tertiary/aromatic N) is 1. The molecule has 17 heavy (non-hydrogen) atoms. The van der Waals surface area contributed by atoms with Crippen LogP contribution in [0.2, 0.25) is 0 Å². The molecule has 2 rings (SSSR count). The molecular formula is C11H10N2O4. The molecule has 0 spiro atoms. The fourth-order valence-corrected chi connectivity index (χ4v) is 1.50. The van der Waals surface area contributed by atoms with Gasteiger partial charge < -0.3 is 14.5 Å². The molecule has 0 unspecified atom stereocenters. The van der Waals surface area contributed by atoms with Crippen LogP contribution in [0.5, 0.6) is 11.5 Å². The number of nitrogens with one attached hydrogen (secondary N) is 1. The molecule has 0 bridgehead atoms. The molecule has 0 aliphatic heterocycles. The molecule has 0 radical (unpaired) electrons. The van der Waals surface area contributed by atoms with Crippen molar-refractivity contribution in [3.63, 3.8) is 0 Å². The zero-order chi connectivity index (χ0) is 12.4. The molecule has 0 atom stereocenters. The topological polar surface area (TPSA) is 81.3 Å². The second-order valence-corrected chi connectivity index (χ2v) is 3.32. The van der Waals surface area contributed by atoms with Crippen molar-refractivity contribution in [3.05, 3.63) is 28.8 Å². The molecule has 1 heterocycles. The second kappa shape index (κ2) is 4.25. The number of aromatic nitrogens is 2. The van der Waals surface area contributed by atoms with Crippen LogP contribution in [0.3, 0.4) is 0 Å². The highest BCUT2D eigenvalue weighted by Gasteiger charge is 2.14. The van der Waals surface area contributed by atoms with E-state index in [1.54, 1.807) is 12.1 Å². The summed E-state index contributed by atoms with van der Waals surface area (Å²) < 4.78 is 10.1. The van der Waals surface area contributed by atoms with E-state index in [9.17, 15) is 9.59 Å². The van der Waals surface area contributed by atoms with E-state index < -0.39 is 5.97 Å². The number of H-pyrrole nitrogens is 1. The second-order valence-electron chi connectivity index (χ2n) is 3.32. The highest BCUT2D eigenvalue weighted by atomic mass is 16.6. The number of esters is 1. The fourth-order valence-electron chi connectivity index (χ4n) is 1.50. The van der Waals surface area contributed by atoms with Crippen molar-refractivity contribution in [1.82, 2.24) is 9.97 Å². The molecule has 88 valence electrons. The van der Waals surface area contributed by atoms with Gasteiger partial charge in [0.15, 0.2) is 11.5 Å². The molecule has 2 aromatic rings. The van der Waals surface area contributed by atoms with Gasteiger partial charge in [0.05, 0.1) is 18.8 Å². The number of carbonyl (C=O) groups excluding carboxylic acids is 1. The zero-order valence-electron chi connectivity index (χ0n) is 9.31. The first kappa shape index (κ1) is 11.1. The van der Waals surface area contributed by atoms with Crippen molar-refractivity contribution in [2.24, 2.45) is 0 Å². The number of hydrogen-bond donors (Lipinski definition) is 1. The quantitative estimate of drug-likeness (QED) is 0.615. The number of hydrogen-bond acceptors (Lipinski definition) is 5. The van der Waals surface area contributed by atoms with Crippen LogP contribution in [0.25, 0.3) is 10.9 Å². The first-order valence-electron chi connectivity index (χ1n) is 4.86. The van der Waals surface area contributed by atoms with E-state index in [1.165, 1.54) is 20.4 Å². The van der Waals surface area contributed by atoms with Gasteiger partial charge in [-0.25, -0.2) is 4.98 Å². The number of rotatable bonds is 2. The number of aromatic amines is 1. The molecule has 6 heteroatoms. The van der Waals surface area contributed by atoms with E-state index in [0.29, 0.717) is 16.7 Å². The summed E-state index contributed by atoms with van der Waals surface area (Å²) in [6.45, 7) is 1.27. The van der Waals surface area contributed by atoms with Crippen molar-refractivity contribution in [3.8, 4) is 11.5 Å². The highest BCUT2D eigenvalue weighted by Crippen LogP contribution is 2.32. The van der Waals surface area contributed by atoms with Gasteiger partial charge in [-0.15, -0.1) is 0 Å². The highest BCUT2D eigenvalue weighted by molar-refractivity contribution is 5.88. The summed E-state index contributed by atoms with van der Waals surface area (Å²) in [5.41, 5.74) is -0.00523. The average molecular weight is 234 g/mol. The Bertz CT molecular complexity index is 633. The summed E-state index contributed by atoms with van der Waals surface area (Å²) in [5.74, 6) is 0.00674. The van der Waals surface area contributed by atoms with Crippen LogP contribution in [0.1, 0.15) is 6.92 Å². The first-order valence-corrected chi connectivity index (χ1v) is 4.86. The molecule has 0 aliphatic carbocycles. The van der Waals surface area contributed by atoms with Gasteiger partial charge in [0.25, 0.3) is 5.56 Å². The van der Waals surface area contributed by atoms with Gasteiger partial charge in [0.2, 0.25) is 0 Å². The third kappa shape index (κ3) is 1.96. The Morgan fingerprint density at radius 3 is 2.82 bits per heavy atom. The summed E-state index contributed by atoms with van der Waals surface area (Å²) in [6.07, 6.45) is 1.25. The standard InChI is InChI=1S/C11H10N2O4/c1-6(14)17-10-8(16-2)4-3-7-9(10)12-5-13-11(7)15/h3-5H,1-2H3,(H,12,13,15). The number of benzene rings is 1. The van der Waals surface area contributed by atoms with Crippen LogP contribution in [-0.4, -0.2) is 23.0 Å². The molecule has 0 saturated heterocycles. The maximum atomic E-state index is 11.5. The van der Waals surface area contributed by atoms with Gasteiger partial charge in [-0.1, -0.05) is 0 Å². The van der Waals surface area contributed by atoms with Crippen molar-refractivity contribution < 1.29 is 14.3 Å². The average Bonchev–Trinajstić information content (AvgIpc) is 2.29.